The molecule has 2 aromatic carbocycles. The van der Waals surface area contributed by atoms with Gasteiger partial charge in [0.25, 0.3) is 5.69 Å². The van der Waals surface area contributed by atoms with E-state index in [1.54, 1.807) is 30.5 Å². The van der Waals surface area contributed by atoms with Crippen LogP contribution in [0.5, 0.6) is 0 Å². The van der Waals surface area contributed by atoms with Gasteiger partial charge in [-0.1, -0.05) is 30.3 Å². The third kappa shape index (κ3) is 3.46. The molecule has 2 N–H and O–H groups in total. The molecule has 1 aromatic heterocycles. The molecule has 1 amide bonds. The van der Waals surface area contributed by atoms with Crippen molar-refractivity contribution in [3.05, 3.63) is 76.5 Å². The van der Waals surface area contributed by atoms with Crippen LogP contribution in [0.15, 0.2) is 60.8 Å². The lowest BCUT2D eigenvalue weighted by Gasteiger charge is -2.07. The van der Waals surface area contributed by atoms with E-state index >= 15 is 0 Å². The predicted octanol–water partition coefficient (Wildman–Crippen LogP) is 3.17. The molecule has 0 unspecified atom stereocenters. The van der Waals surface area contributed by atoms with Gasteiger partial charge in [-0.2, -0.15) is 5.10 Å². The number of para-hydroxylation sites is 1. The van der Waals surface area contributed by atoms with E-state index in [1.807, 2.05) is 24.3 Å². The molecule has 3 aromatic rings. The molecule has 0 saturated heterocycles. The van der Waals surface area contributed by atoms with E-state index in [9.17, 15) is 14.9 Å². The molecule has 0 radical (unpaired) electrons. The summed E-state index contributed by atoms with van der Waals surface area (Å²) in [6.07, 6.45) is 1.58. The minimum absolute atomic E-state index is 0.0566. The van der Waals surface area contributed by atoms with Crippen LogP contribution in [0.4, 0.5) is 11.4 Å². The first-order valence-electron chi connectivity index (χ1n) is 7.25. The number of hydrogen-bond acceptors (Lipinski definition) is 4. The highest BCUT2D eigenvalue weighted by atomic mass is 16.6. The SMILES string of the molecule is O=C(Cc1ccccc1[N+](=O)[O-])Nc1cccc(-c2ccn[nH]2)c1. The summed E-state index contributed by atoms with van der Waals surface area (Å²) >= 11 is 0. The number of benzene rings is 2. The summed E-state index contributed by atoms with van der Waals surface area (Å²) in [4.78, 5) is 22.7. The van der Waals surface area contributed by atoms with Gasteiger partial charge < -0.3 is 5.32 Å². The van der Waals surface area contributed by atoms with Crippen LogP contribution < -0.4 is 5.32 Å². The number of amides is 1. The van der Waals surface area contributed by atoms with Crippen molar-refractivity contribution in [1.29, 1.82) is 0 Å². The average Bonchev–Trinajstić information content (AvgIpc) is 3.10. The Hall–Kier alpha value is -3.48. The highest BCUT2D eigenvalue weighted by Gasteiger charge is 2.15. The van der Waals surface area contributed by atoms with Gasteiger partial charge >= 0.3 is 0 Å². The fourth-order valence-electron chi connectivity index (χ4n) is 2.40. The molecule has 0 fully saturated rings. The monoisotopic (exact) mass is 322 g/mol. The predicted molar refractivity (Wildman–Crippen MR) is 89.5 cm³/mol. The summed E-state index contributed by atoms with van der Waals surface area (Å²) in [5.41, 5.74) is 2.66. The fraction of sp³-hybridized carbons (Fsp3) is 0.0588. The standard InChI is InChI=1S/C17H14N4O3/c22-17(11-13-4-1-2-7-16(13)21(23)24)19-14-6-3-5-12(10-14)15-8-9-18-20-15/h1-10H,11H2,(H,18,20)(H,19,22). The molecule has 0 bridgehead atoms. The highest BCUT2D eigenvalue weighted by Crippen LogP contribution is 2.22. The van der Waals surface area contributed by atoms with Gasteiger partial charge in [0.15, 0.2) is 0 Å². The molecular formula is C17H14N4O3. The van der Waals surface area contributed by atoms with Crippen molar-refractivity contribution in [2.75, 3.05) is 5.32 Å². The Morgan fingerprint density at radius 3 is 2.75 bits per heavy atom. The van der Waals surface area contributed by atoms with Crippen molar-refractivity contribution in [2.45, 2.75) is 6.42 Å². The van der Waals surface area contributed by atoms with Crippen LogP contribution in [-0.4, -0.2) is 21.0 Å². The fourth-order valence-corrected chi connectivity index (χ4v) is 2.40. The number of nitrogens with zero attached hydrogens (tertiary/aromatic N) is 2. The average molecular weight is 322 g/mol. The van der Waals surface area contributed by atoms with Gasteiger partial charge in [0, 0.05) is 29.1 Å². The van der Waals surface area contributed by atoms with E-state index in [1.165, 1.54) is 6.07 Å². The van der Waals surface area contributed by atoms with Crippen molar-refractivity contribution in [1.82, 2.24) is 10.2 Å². The summed E-state index contributed by atoms with van der Waals surface area (Å²) < 4.78 is 0. The second-order valence-electron chi connectivity index (χ2n) is 5.16. The molecule has 24 heavy (non-hydrogen) atoms. The summed E-state index contributed by atoms with van der Waals surface area (Å²) in [6, 6.07) is 15.3. The lowest BCUT2D eigenvalue weighted by atomic mass is 10.1. The molecule has 0 aliphatic rings. The minimum atomic E-state index is -0.485. The lowest BCUT2D eigenvalue weighted by molar-refractivity contribution is -0.385. The van der Waals surface area contributed by atoms with E-state index in [-0.39, 0.29) is 18.0 Å². The van der Waals surface area contributed by atoms with Crippen molar-refractivity contribution in [2.24, 2.45) is 0 Å². The lowest BCUT2D eigenvalue weighted by Crippen LogP contribution is -2.15. The Balaban J connectivity index is 1.74. The van der Waals surface area contributed by atoms with Gasteiger partial charge in [-0.15, -0.1) is 0 Å². The maximum atomic E-state index is 12.2. The number of carbonyl (C=O) groups excluding carboxylic acids is 1. The van der Waals surface area contributed by atoms with Gasteiger partial charge in [0.2, 0.25) is 5.91 Å². The maximum absolute atomic E-state index is 12.2. The third-order valence-electron chi connectivity index (χ3n) is 3.50. The molecule has 120 valence electrons. The van der Waals surface area contributed by atoms with E-state index < -0.39 is 4.92 Å². The number of nitro groups is 1. The first kappa shape index (κ1) is 15.4. The van der Waals surface area contributed by atoms with Crippen LogP contribution in [-0.2, 0) is 11.2 Å². The second-order valence-corrected chi connectivity index (χ2v) is 5.16. The first-order chi connectivity index (χ1) is 11.6. The van der Waals surface area contributed by atoms with Crippen molar-refractivity contribution < 1.29 is 9.72 Å². The van der Waals surface area contributed by atoms with E-state index in [0.717, 1.165) is 11.3 Å². The Morgan fingerprint density at radius 1 is 1.17 bits per heavy atom. The molecule has 0 saturated carbocycles. The van der Waals surface area contributed by atoms with E-state index in [2.05, 4.69) is 15.5 Å². The number of nitro benzene ring substituents is 1. The Kier molecular flexibility index (Phi) is 4.33. The Bertz CT molecular complexity index is 875. The van der Waals surface area contributed by atoms with Gasteiger partial charge in [-0.3, -0.25) is 20.0 Å². The molecular weight excluding hydrogens is 308 g/mol. The zero-order valence-electron chi connectivity index (χ0n) is 12.6. The van der Waals surface area contributed by atoms with Crippen LogP contribution in [0.3, 0.4) is 0 Å². The zero-order chi connectivity index (χ0) is 16.9. The normalized spacial score (nSPS) is 10.3. The van der Waals surface area contributed by atoms with Gasteiger partial charge in [0.1, 0.15) is 0 Å². The van der Waals surface area contributed by atoms with Crippen LogP contribution in [0, 0.1) is 10.1 Å². The van der Waals surface area contributed by atoms with Crippen molar-refractivity contribution >= 4 is 17.3 Å². The number of anilines is 1. The van der Waals surface area contributed by atoms with Gasteiger partial charge in [-0.25, -0.2) is 0 Å². The van der Waals surface area contributed by atoms with Crippen LogP contribution in [0.25, 0.3) is 11.3 Å². The number of nitrogens with one attached hydrogen (secondary N) is 2. The number of carbonyl (C=O) groups is 1. The summed E-state index contributed by atoms with van der Waals surface area (Å²) in [7, 11) is 0. The quantitative estimate of drug-likeness (QED) is 0.556. The molecule has 1 heterocycles. The molecule has 0 atom stereocenters. The molecule has 3 rings (SSSR count). The zero-order valence-corrected chi connectivity index (χ0v) is 12.6. The number of aromatic amines is 1. The highest BCUT2D eigenvalue weighted by molar-refractivity contribution is 5.93. The van der Waals surface area contributed by atoms with Crippen LogP contribution >= 0.6 is 0 Å². The minimum Gasteiger partial charge on any atom is -0.326 e. The Labute approximate surface area is 137 Å². The molecule has 0 spiro atoms. The van der Waals surface area contributed by atoms with Gasteiger partial charge in [0.05, 0.1) is 17.0 Å². The first-order valence-corrected chi connectivity index (χ1v) is 7.25. The largest absolute Gasteiger partial charge is 0.326 e. The number of hydrogen-bond donors (Lipinski definition) is 2. The van der Waals surface area contributed by atoms with Crippen molar-refractivity contribution in [3.63, 3.8) is 0 Å². The topological polar surface area (TPSA) is 101 Å². The summed E-state index contributed by atoms with van der Waals surface area (Å²) in [6.45, 7) is 0. The maximum Gasteiger partial charge on any atom is 0.273 e. The van der Waals surface area contributed by atoms with Crippen LogP contribution in [0.2, 0.25) is 0 Å². The second kappa shape index (κ2) is 6.74. The molecule has 0 aliphatic carbocycles. The van der Waals surface area contributed by atoms with Crippen molar-refractivity contribution in [3.8, 4) is 11.3 Å². The molecule has 0 aliphatic heterocycles. The molecule has 7 heteroatoms. The summed E-state index contributed by atoms with van der Waals surface area (Å²) in [5.74, 6) is -0.314. The number of rotatable bonds is 5. The van der Waals surface area contributed by atoms with E-state index in [4.69, 9.17) is 0 Å². The van der Waals surface area contributed by atoms with E-state index in [0.29, 0.717) is 11.3 Å². The number of H-pyrrole nitrogens is 1. The summed E-state index contributed by atoms with van der Waals surface area (Å²) in [5, 5.41) is 20.5. The smallest absolute Gasteiger partial charge is 0.273 e. The Morgan fingerprint density at radius 2 is 2.00 bits per heavy atom. The van der Waals surface area contributed by atoms with Gasteiger partial charge in [-0.05, 0) is 18.2 Å². The molecule has 7 nitrogen and oxygen atoms in total. The third-order valence-corrected chi connectivity index (χ3v) is 3.50. The van der Waals surface area contributed by atoms with Crippen LogP contribution in [0.1, 0.15) is 5.56 Å². The number of aromatic nitrogens is 2.